The Labute approximate surface area is 173 Å². The van der Waals surface area contributed by atoms with Gasteiger partial charge in [-0.1, -0.05) is 0 Å². The van der Waals surface area contributed by atoms with Gasteiger partial charge in [0.15, 0.2) is 6.61 Å². The highest BCUT2D eigenvalue weighted by atomic mass is 16.5. The number of carbonyl (C=O) groups is 4. The molecule has 0 N–H and O–H groups in total. The second-order valence-corrected chi connectivity index (χ2v) is 7.18. The van der Waals surface area contributed by atoms with E-state index in [-0.39, 0.29) is 35.4 Å². The summed E-state index contributed by atoms with van der Waals surface area (Å²) in [5.74, 6) is -1.95. The van der Waals surface area contributed by atoms with E-state index in [0.717, 1.165) is 12.8 Å². The molecule has 0 atom stereocenters. The molecule has 0 unspecified atom stereocenters. The van der Waals surface area contributed by atoms with Crippen molar-refractivity contribution in [3.05, 3.63) is 52.3 Å². The van der Waals surface area contributed by atoms with Gasteiger partial charge in [-0.25, -0.2) is 9.59 Å². The van der Waals surface area contributed by atoms with Crippen LogP contribution in [0.1, 0.15) is 55.3 Å². The standard InChI is InChI=1S/C22H23NO7/c1-12-7-18(19(24)11-30-22(27)14-5-6-14)13(2)23(12)17-9-15(20(25)28-3)8-16(10-17)21(26)29-4/h7-10,14H,5-6,11H2,1-4H3. The second-order valence-electron chi connectivity index (χ2n) is 7.18. The molecule has 1 aliphatic carbocycles. The van der Waals surface area contributed by atoms with Gasteiger partial charge in [-0.2, -0.15) is 0 Å². The van der Waals surface area contributed by atoms with Gasteiger partial charge in [0, 0.05) is 22.6 Å². The Bertz CT molecular complexity index is 996. The van der Waals surface area contributed by atoms with Gasteiger partial charge in [-0.05, 0) is 51.0 Å². The van der Waals surface area contributed by atoms with Gasteiger partial charge < -0.3 is 18.8 Å². The number of aryl methyl sites for hydroxylation is 1. The first-order valence-corrected chi connectivity index (χ1v) is 9.47. The van der Waals surface area contributed by atoms with E-state index >= 15 is 0 Å². The maximum Gasteiger partial charge on any atom is 0.337 e. The van der Waals surface area contributed by atoms with Crippen molar-refractivity contribution in [3.63, 3.8) is 0 Å². The number of ketones is 1. The van der Waals surface area contributed by atoms with Crippen LogP contribution < -0.4 is 0 Å². The second kappa shape index (κ2) is 8.52. The number of methoxy groups -OCH3 is 2. The molecule has 158 valence electrons. The summed E-state index contributed by atoms with van der Waals surface area (Å²) in [5.41, 5.74) is 2.56. The van der Waals surface area contributed by atoms with E-state index < -0.39 is 11.9 Å². The summed E-state index contributed by atoms with van der Waals surface area (Å²) in [6.07, 6.45) is 1.61. The van der Waals surface area contributed by atoms with E-state index in [4.69, 9.17) is 14.2 Å². The number of aromatic nitrogens is 1. The summed E-state index contributed by atoms with van der Waals surface area (Å²) in [5, 5.41) is 0. The van der Waals surface area contributed by atoms with Gasteiger partial charge in [-0.3, -0.25) is 9.59 Å². The molecule has 0 radical (unpaired) electrons. The molecule has 8 heteroatoms. The molecule has 0 spiro atoms. The SMILES string of the molecule is COC(=O)c1cc(C(=O)OC)cc(-n2c(C)cc(C(=O)COC(=O)C3CC3)c2C)c1. The molecule has 0 aliphatic heterocycles. The predicted molar refractivity (Wildman–Crippen MR) is 106 cm³/mol. The molecule has 3 rings (SSSR count). The molecule has 0 amide bonds. The minimum absolute atomic E-state index is 0.0805. The first-order chi connectivity index (χ1) is 14.3. The third-order valence-electron chi connectivity index (χ3n) is 5.01. The Hall–Kier alpha value is -3.42. The number of benzene rings is 1. The smallest absolute Gasteiger partial charge is 0.337 e. The maximum absolute atomic E-state index is 12.6. The van der Waals surface area contributed by atoms with Crippen molar-refractivity contribution in [2.24, 2.45) is 5.92 Å². The fraction of sp³-hybridized carbons (Fsp3) is 0.364. The highest BCUT2D eigenvalue weighted by Crippen LogP contribution is 2.30. The van der Waals surface area contributed by atoms with Crippen molar-refractivity contribution >= 4 is 23.7 Å². The molecule has 1 aliphatic rings. The zero-order chi connectivity index (χ0) is 22.0. The van der Waals surface area contributed by atoms with Crippen LogP contribution in [0, 0.1) is 19.8 Å². The Morgan fingerprint density at radius 1 is 0.933 bits per heavy atom. The quantitative estimate of drug-likeness (QED) is 0.391. The number of rotatable bonds is 7. The first-order valence-electron chi connectivity index (χ1n) is 9.47. The maximum atomic E-state index is 12.6. The van der Waals surface area contributed by atoms with Crippen LogP contribution in [0.25, 0.3) is 5.69 Å². The van der Waals surface area contributed by atoms with Crippen LogP contribution in [0.2, 0.25) is 0 Å². The molecule has 30 heavy (non-hydrogen) atoms. The van der Waals surface area contributed by atoms with Crippen molar-refractivity contribution in [3.8, 4) is 5.69 Å². The lowest BCUT2D eigenvalue weighted by Gasteiger charge is -2.13. The van der Waals surface area contributed by atoms with E-state index in [1.54, 1.807) is 36.6 Å². The molecule has 8 nitrogen and oxygen atoms in total. The van der Waals surface area contributed by atoms with Gasteiger partial charge in [0.2, 0.25) is 5.78 Å². The number of hydrogen-bond donors (Lipinski definition) is 0. The number of hydrogen-bond acceptors (Lipinski definition) is 7. The van der Waals surface area contributed by atoms with Crippen molar-refractivity contribution in [1.82, 2.24) is 4.57 Å². The molecule has 1 fully saturated rings. The highest BCUT2D eigenvalue weighted by molar-refractivity contribution is 6.00. The monoisotopic (exact) mass is 413 g/mol. The zero-order valence-electron chi connectivity index (χ0n) is 17.3. The summed E-state index contributed by atoms with van der Waals surface area (Å²) >= 11 is 0. The number of nitrogens with zero attached hydrogens (tertiary/aromatic N) is 1. The number of esters is 3. The van der Waals surface area contributed by atoms with Crippen molar-refractivity contribution in [1.29, 1.82) is 0 Å². The van der Waals surface area contributed by atoms with E-state index in [2.05, 4.69) is 0 Å². The first kappa shape index (κ1) is 21.3. The van der Waals surface area contributed by atoms with E-state index in [1.165, 1.54) is 20.3 Å². The van der Waals surface area contributed by atoms with Crippen LogP contribution in [0.3, 0.4) is 0 Å². The topological polar surface area (TPSA) is 101 Å². The van der Waals surface area contributed by atoms with Crippen molar-refractivity contribution in [2.75, 3.05) is 20.8 Å². The van der Waals surface area contributed by atoms with E-state index in [9.17, 15) is 19.2 Å². The fourth-order valence-electron chi connectivity index (χ4n) is 3.31. The number of carbonyl (C=O) groups excluding carboxylic acids is 4. The Morgan fingerprint density at radius 2 is 1.50 bits per heavy atom. The Balaban J connectivity index is 1.97. The molecule has 2 aromatic rings. The minimum atomic E-state index is -0.604. The summed E-state index contributed by atoms with van der Waals surface area (Å²) in [4.78, 5) is 48.5. The highest BCUT2D eigenvalue weighted by Gasteiger charge is 2.32. The molecule has 1 aromatic carbocycles. The molecule has 1 saturated carbocycles. The molecule has 1 heterocycles. The molecule has 1 aromatic heterocycles. The fourth-order valence-corrected chi connectivity index (χ4v) is 3.31. The van der Waals surface area contributed by atoms with Gasteiger partial charge >= 0.3 is 17.9 Å². The van der Waals surface area contributed by atoms with Gasteiger partial charge in [0.05, 0.1) is 31.3 Å². The van der Waals surface area contributed by atoms with Crippen LogP contribution in [-0.4, -0.2) is 49.1 Å². The predicted octanol–water partition coefficient (Wildman–Crippen LogP) is 2.80. The summed E-state index contributed by atoms with van der Waals surface area (Å²) in [6.45, 7) is 3.21. The van der Waals surface area contributed by atoms with Crippen LogP contribution in [0.5, 0.6) is 0 Å². The van der Waals surface area contributed by atoms with Gasteiger partial charge in [0.25, 0.3) is 0 Å². The summed E-state index contributed by atoms with van der Waals surface area (Å²) in [7, 11) is 2.50. The average molecular weight is 413 g/mol. The van der Waals surface area contributed by atoms with Crippen LogP contribution in [0.4, 0.5) is 0 Å². The zero-order valence-corrected chi connectivity index (χ0v) is 17.3. The minimum Gasteiger partial charge on any atom is -0.465 e. The van der Waals surface area contributed by atoms with Crippen molar-refractivity contribution < 1.29 is 33.4 Å². The lowest BCUT2D eigenvalue weighted by Crippen LogP contribution is -2.16. The summed E-state index contributed by atoms with van der Waals surface area (Å²) in [6, 6.07) is 6.21. The average Bonchev–Trinajstić information content (AvgIpc) is 3.55. The third kappa shape index (κ3) is 4.27. The normalized spacial score (nSPS) is 12.9. The van der Waals surface area contributed by atoms with Crippen LogP contribution in [-0.2, 0) is 19.0 Å². The van der Waals surface area contributed by atoms with Gasteiger partial charge in [0.1, 0.15) is 0 Å². The lowest BCUT2D eigenvalue weighted by atomic mass is 10.1. The molecule has 0 saturated heterocycles. The Kier molecular flexibility index (Phi) is 6.05. The molecule has 0 bridgehead atoms. The summed E-state index contributed by atoms with van der Waals surface area (Å²) < 4.78 is 16.4. The largest absolute Gasteiger partial charge is 0.465 e. The van der Waals surface area contributed by atoms with Crippen LogP contribution in [0.15, 0.2) is 24.3 Å². The Morgan fingerprint density at radius 3 is 2.00 bits per heavy atom. The van der Waals surface area contributed by atoms with E-state index in [0.29, 0.717) is 22.6 Å². The molecular weight excluding hydrogens is 390 g/mol. The lowest BCUT2D eigenvalue weighted by molar-refractivity contribution is -0.144. The molecular formula is C22H23NO7. The number of ether oxygens (including phenoxy) is 3. The third-order valence-corrected chi connectivity index (χ3v) is 5.01. The van der Waals surface area contributed by atoms with E-state index in [1.807, 2.05) is 0 Å². The number of Topliss-reactive ketones (excluding diaryl/α,β-unsaturated/α-hetero) is 1. The van der Waals surface area contributed by atoms with Crippen LogP contribution >= 0.6 is 0 Å². The van der Waals surface area contributed by atoms with Gasteiger partial charge in [-0.15, -0.1) is 0 Å². The van der Waals surface area contributed by atoms with Crippen molar-refractivity contribution in [2.45, 2.75) is 26.7 Å².